The molecule has 0 bridgehead atoms. The minimum absolute atomic E-state index is 0.349. The number of nitrogens with zero attached hydrogens (tertiary/aromatic N) is 2. The number of aromatic nitrogens is 2. The average molecular weight is 522 g/mol. The summed E-state index contributed by atoms with van der Waals surface area (Å²) in [5, 5.41) is 2.01. The first-order valence-electron chi connectivity index (χ1n) is 12.9. The lowest BCUT2D eigenvalue weighted by Crippen LogP contribution is -2.05. The Morgan fingerprint density at radius 1 is 0.946 bits per heavy atom. The molecule has 7 nitrogen and oxygen atoms in total. The number of hydrogen-bond donors (Lipinski definition) is 1. The van der Waals surface area contributed by atoms with Crippen molar-refractivity contribution in [1.29, 1.82) is 0 Å². The Balaban J connectivity index is 1.37. The molecule has 4 rings (SSSR count). The van der Waals surface area contributed by atoms with Crippen molar-refractivity contribution in [3.63, 3.8) is 0 Å². The molecule has 0 radical (unpaired) electrons. The van der Waals surface area contributed by atoms with Crippen LogP contribution in [0, 0.1) is 13.8 Å². The first kappa shape index (κ1) is 27.1. The van der Waals surface area contributed by atoms with E-state index >= 15 is 0 Å². The van der Waals surface area contributed by atoms with Gasteiger partial charge in [0, 0.05) is 22.2 Å². The third-order valence-electron chi connectivity index (χ3n) is 6.44. The van der Waals surface area contributed by atoms with Crippen LogP contribution >= 0.6 is 7.60 Å². The Kier molecular flexibility index (Phi) is 8.80. The highest BCUT2D eigenvalue weighted by Crippen LogP contribution is 2.48. The van der Waals surface area contributed by atoms with Gasteiger partial charge in [-0.1, -0.05) is 18.2 Å². The van der Waals surface area contributed by atoms with Gasteiger partial charge in [0.2, 0.25) is 0 Å². The van der Waals surface area contributed by atoms with Gasteiger partial charge >= 0.3 is 7.60 Å². The zero-order valence-corrected chi connectivity index (χ0v) is 23.0. The molecule has 2 heterocycles. The Morgan fingerprint density at radius 3 is 2.46 bits per heavy atom. The van der Waals surface area contributed by atoms with Gasteiger partial charge in [0.15, 0.2) is 0 Å². The van der Waals surface area contributed by atoms with Gasteiger partial charge in [-0.3, -0.25) is 14.5 Å². The molecule has 8 heteroatoms. The Morgan fingerprint density at radius 2 is 1.73 bits per heavy atom. The van der Waals surface area contributed by atoms with Crippen molar-refractivity contribution in [3.8, 4) is 5.75 Å². The first-order valence-corrected chi connectivity index (χ1v) is 14.6. The lowest BCUT2D eigenvalue weighted by atomic mass is 10.0. The van der Waals surface area contributed by atoms with E-state index in [2.05, 4.69) is 36.2 Å². The molecule has 0 aliphatic heterocycles. The number of nitrogen functional groups attached to an aromatic ring is 1. The SMILES string of the molecule is CCOP(=O)(CCCOc1ccc(CCc2ccc3c(cnc4c(C)ccc(N)c43)n2)c(C)c1)OCC. The summed E-state index contributed by atoms with van der Waals surface area (Å²) in [5.74, 6) is 0.804. The van der Waals surface area contributed by atoms with Crippen LogP contribution in [0.5, 0.6) is 5.75 Å². The predicted octanol–water partition coefficient (Wildman–Crippen LogP) is 6.80. The van der Waals surface area contributed by atoms with Crippen LogP contribution in [0.1, 0.15) is 42.7 Å². The second-order valence-corrected chi connectivity index (χ2v) is 11.3. The standard InChI is InChI=1S/C29H36N3O4P/c1-5-35-37(33,36-6-2)17-7-16-34-24-13-10-22(21(4)18-24)9-11-23-12-14-25-27(32-23)19-31-29-20(3)8-15-26(30)28(25)29/h8,10,12-15,18-19H,5-7,9,11,16-17,30H2,1-4H3. The summed E-state index contributed by atoms with van der Waals surface area (Å²) in [6.45, 7) is 8.97. The van der Waals surface area contributed by atoms with Crippen LogP contribution in [0.25, 0.3) is 21.8 Å². The number of pyridine rings is 2. The maximum atomic E-state index is 12.6. The summed E-state index contributed by atoms with van der Waals surface area (Å²) in [7, 11) is -3.03. The van der Waals surface area contributed by atoms with Crippen molar-refractivity contribution in [2.45, 2.75) is 47.0 Å². The molecule has 0 atom stereocenters. The van der Waals surface area contributed by atoms with E-state index in [1.807, 2.05) is 45.2 Å². The molecule has 37 heavy (non-hydrogen) atoms. The molecule has 0 fully saturated rings. The summed E-state index contributed by atoms with van der Waals surface area (Å²) < 4.78 is 29.1. The summed E-state index contributed by atoms with van der Waals surface area (Å²) in [6, 6.07) is 14.3. The third-order valence-corrected chi connectivity index (χ3v) is 8.61. The number of anilines is 1. The lowest BCUT2D eigenvalue weighted by molar-refractivity contribution is 0.216. The molecule has 0 unspecified atom stereocenters. The summed E-state index contributed by atoms with van der Waals surface area (Å²) in [6.07, 6.45) is 4.48. The highest BCUT2D eigenvalue weighted by Gasteiger charge is 2.22. The van der Waals surface area contributed by atoms with Crippen LogP contribution in [0.3, 0.4) is 0 Å². The fourth-order valence-corrected chi connectivity index (χ4v) is 6.20. The van der Waals surface area contributed by atoms with Gasteiger partial charge < -0.3 is 19.5 Å². The van der Waals surface area contributed by atoms with Crippen molar-refractivity contribution in [1.82, 2.24) is 9.97 Å². The summed E-state index contributed by atoms with van der Waals surface area (Å²) >= 11 is 0. The molecular formula is C29H36N3O4P. The quantitative estimate of drug-likeness (QED) is 0.0947. The Hall–Kier alpha value is -2.99. The normalized spacial score (nSPS) is 11.9. The maximum Gasteiger partial charge on any atom is 0.330 e. The van der Waals surface area contributed by atoms with Gasteiger partial charge in [-0.2, -0.15) is 0 Å². The number of hydrogen-bond acceptors (Lipinski definition) is 7. The van der Waals surface area contributed by atoms with Gasteiger partial charge in [0.1, 0.15) is 5.75 Å². The topological polar surface area (TPSA) is 96.6 Å². The van der Waals surface area contributed by atoms with Crippen molar-refractivity contribution in [3.05, 3.63) is 71.0 Å². The van der Waals surface area contributed by atoms with E-state index in [0.29, 0.717) is 32.4 Å². The highest BCUT2D eigenvalue weighted by molar-refractivity contribution is 7.53. The van der Waals surface area contributed by atoms with Crippen molar-refractivity contribution < 1.29 is 18.3 Å². The predicted molar refractivity (Wildman–Crippen MR) is 151 cm³/mol. The molecule has 2 aromatic heterocycles. The van der Waals surface area contributed by atoms with Gasteiger partial charge in [-0.15, -0.1) is 0 Å². The van der Waals surface area contributed by atoms with E-state index in [0.717, 1.165) is 57.3 Å². The van der Waals surface area contributed by atoms with Gasteiger partial charge in [0.25, 0.3) is 0 Å². The number of nitrogens with two attached hydrogens (primary N) is 1. The lowest BCUT2D eigenvalue weighted by Gasteiger charge is -2.17. The molecule has 0 saturated heterocycles. The second kappa shape index (κ2) is 12.0. The molecular weight excluding hydrogens is 485 g/mol. The van der Waals surface area contributed by atoms with Crippen LogP contribution in [0.15, 0.2) is 48.7 Å². The number of aryl methyl sites for hydroxylation is 4. The second-order valence-electron chi connectivity index (χ2n) is 9.15. The molecule has 0 spiro atoms. The van der Waals surface area contributed by atoms with Crippen molar-refractivity contribution in [2.24, 2.45) is 0 Å². The smallest absolute Gasteiger partial charge is 0.330 e. The average Bonchev–Trinajstić information content (AvgIpc) is 2.88. The zero-order valence-electron chi connectivity index (χ0n) is 22.1. The van der Waals surface area contributed by atoms with E-state index in [1.165, 1.54) is 11.1 Å². The molecule has 0 aliphatic carbocycles. The van der Waals surface area contributed by atoms with Crippen LogP contribution in [-0.2, 0) is 26.5 Å². The van der Waals surface area contributed by atoms with Crippen LogP contribution in [0.2, 0.25) is 0 Å². The minimum atomic E-state index is -3.03. The molecule has 0 saturated carbocycles. The summed E-state index contributed by atoms with van der Waals surface area (Å²) in [4.78, 5) is 9.50. The van der Waals surface area contributed by atoms with Gasteiger partial charge in [0.05, 0.1) is 43.2 Å². The van der Waals surface area contributed by atoms with E-state index < -0.39 is 7.60 Å². The molecule has 2 aromatic carbocycles. The van der Waals surface area contributed by atoms with Gasteiger partial charge in [-0.25, -0.2) is 0 Å². The Labute approximate surface area is 218 Å². The minimum Gasteiger partial charge on any atom is -0.494 e. The first-order chi connectivity index (χ1) is 17.8. The van der Waals surface area contributed by atoms with Crippen LogP contribution < -0.4 is 10.5 Å². The number of fused-ring (bicyclic) bond motifs is 3. The molecule has 2 N–H and O–H groups in total. The van der Waals surface area contributed by atoms with Crippen LogP contribution in [-0.4, -0.2) is 36.0 Å². The monoisotopic (exact) mass is 521 g/mol. The maximum absolute atomic E-state index is 12.6. The fraction of sp³-hybridized carbons (Fsp3) is 0.379. The van der Waals surface area contributed by atoms with Crippen LogP contribution in [0.4, 0.5) is 5.69 Å². The molecule has 0 aliphatic rings. The van der Waals surface area contributed by atoms with Crippen molar-refractivity contribution in [2.75, 3.05) is 31.7 Å². The van der Waals surface area contributed by atoms with E-state index in [4.69, 9.17) is 24.5 Å². The zero-order chi connectivity index (χ0) is 26.4. The van der Waals surface area contributed by atoms with Crippen molar-refractivity contribution >= 4 is 35.1 Å². The molecule has 0 amide bonds. The molecule has 4 aromatic rings. The number of rotatable bonds is 12. The highest BCUT2D eigenvalue weighted by atomic mass is 31.2. The fourth-order valence-electron chi connectivity index (χ4n) is 4.56. The van der Waals surface area contributed by atoms with Gasteiger partial charge in [-0.05, 0) is 87.9 Å². The van der Waals surface area contributed by atoms with E-state index in [-0.39, 0.29) is 0 Å². The third kappa shape index (κ3) is 6.48. The number of benzene rings is 2. The molecule has 196 valence electrons. The van der Waals surface area contributed by atoms with E-state index in [9.17, 15) is 4.57 Å². The summed E-state index contributed by atoms with van der Waals surface area (Å²) in [5.41, 5.74) is 13.3. The number of ether oxygens (including phenoxy) is 1. The van der Waals surface area contributed by atoms with E-state index in [1.54, 1.807) is 0 Å². The Bertz CT molecular complexity index is 1430. The largest absolute Gasteiger partial charge is 0.494 e.